The first-order chi connectivity index (χ1) is 14.4. The lowest BCUT2D eigenvalue weighted by Gasteiger charge is -2.36. The Labute approximate surface area is 188 Å². The van der Waals surface area contributed by atoms with Gasteiger partial charge in [0.15, 0.2) is 0 Å². The number of piperazine rings is 1. The number of rotatable bonds is 5. The van der Waals surface area contributed by atoms with E-state index in [1.165, 1.54) is 0 Å². The zero-order chi connectivity index (χ0) is 21.5. The third-order valence-electron chi connectivity index (χ3n) is 4.79. The minimum Gasteiger partial charge on any atom is -0.368 e. The van der Waals surface area contributed by atoms with Gasteiger partial charge in [-0.05, 0) is 42.5 Å². The van der Waals surface area contributed by atoms with Crippen LogP contribution >= 0.6 is 27.5 Å². The average molecular weight is 494 g/mol. The van der Waals surface area contributed by atoms with E-state index in [0.717, 1.165) is 10.2 Å². The summed E-state index contributed by atoms with van der Waals surface area (Å²) in [5, 5.41) is 0.684. The van der Waals surface area contributed by atoms with Crippen molar-refractivity contribution in [2.24, 2.45) is 0 Å². The fourth-order valence-electron chi connectivity index (χ4n) is 3.13. The van der Waals surface area contributed by atoms with Crippen LogP contribution in [0.2, 0.25) is 5.02 Å². The van der Waals surface area contributed by atoms with Gasteiger partial charge >= 0.3 is 0 Å². The van der Waals surface area contributed by atoms with Crippen LogP contribution in [0.3, 0.4) is 0 Å². The summed E-state index contributed by atoms with van der Waals surface area (Å²) in [7, 11) is 0. The number of nitrogens with one attached hydrogen (secondary N) is 2. The summed E-state index contributed by atoms with van der Waals surface area (Å²) in [5.74, 6) is -0.902. The van der Waals surface area contributed by atoms with Crippen LogP contribution in [0.25, 0.3) is 0 Å². The molecule has 0 aliphatic carbocycles. The zero-order valence-electron chi connectivity index (χ0n) is 16.2. The Bertz CT molecular complexity index is 915. The summed E-state index contributed by atoms with van der Waals surface area (Å²) in [6, 6.07) is 14.4. The molecule has 158 valence electrons. The number of hydrazine groups is 1. The van der Waals surface area contributed by atoms with Gasteiger partial charge in [0.25, 0.3) is 5.91 Å². The molecule has 0 saturated carbocycles. The van der Waals surface area contributed by atoms with Gasteiger partial charge < -0.3 is 9.80 Å². The van der Waals surface area contributed by atoms with E-state index in [9.17, 15) is 14.4 Å². The first-order valence-corrected chi connectivity index (χ1v) is 10.7. The number of hydrogen-bond donors (Lipinski definition) is 2. The fourth-order valence-corrected chi connectivity index (χ4v) is 3.58. The molecule has 1 fully saturated rings. The monoisotopic (exact) mass is 492 g/mol. The van der Waals surface area contributed by atoms with Crippen LogP contribution in [-0.4, -0.2) is 48.8 Å². The summed E-state index contributed by atoms with van der Waals surface area (Å²) in [4.78, 5) is 40.3. The van der Waals surface area contributed by atoms with Crippen LogP contribution in [0, 0.1) is 0 Å². The maximum absolute atomic E-state index is 12.4. The lowest BCUT2D eigenvalue weighted by atomic mass is 10.2. The second-order valence-electron chi connectivity index (χ2n) is 6.86. The van der Waals surface area contributed by atoms with E-state index in [2.05, 4.69) is 31.7 Å². The predicted octanol–water partition coefficient (Wildman–Crippen LogP) is 2.99. The molecule has 1 aliphatic heterocycles. The third kappa shape index (κ3) is 6.21. The van der Waals surface area contributed by atoms with E-state index in [1.807, 2.05) is 24.3 Å². The van der Waals surface area contributed by atoms with Gasteiger partial charge in [0.05, 0.1) is 0 Å². The van der Waals surface area contributed by atoms with E-state index in [0.29, 0.717) is 36.8 Å². The van der Waals surface area contributed by atoms with Crippen LogP contribution in [0.4, 0.5) is 5.69 Å². The zero-order valence-corrected chi connectivity index (χ0v) is 18.6. The molecular weight excluding hydrogens is 472 g/mol. The highest BCUT2D eigenvalue weighted by Gasteiger charge is 2.22. The Hall–Kier alpha value is -2.58. The van der Waals surface area contributed by atoms with Crippen LogP contribution < -0.4 is 15.8 Å². The van der Waals surface area contributed by atoms with Gasteiger partial charge in [-0.3, -0.25) is 25.2 Å². The first kappa shape index (κ1) is 22.1. The van der Waals surface area contributed by atoms with E-state index in [-0.39, 0.29) is 18.7 Å². The number of nitrogens with zero attached hydrogens (tertiary/aromatic N) is 2. The summed E-state index contributed by atoms with van der Waals surface area (Å²) < 4.78 is 0.856. The van der Waals surface area contributed by atoms with Crippen molar-refractivity contribution in [3.05, 3.63) is 63.6 Å². The van der Waals surface area contributed by atoms with Crippen LogP contribution in [0.5, 0.6) is 0 Å². The van der Waals surface area contributed by atoms with Gasteiger partial charge in [-0.25, -0.2) is 0 Å². The van der Waals surface area contributed by atoms with Crippen LogP contribution in [-0.2, 0) is 9.59 Å². The highest BCUT2D eigenvalue weighted by atomic mass is 79.9. The molecule has 30 heavy (non-hydrogen) atoms. The number of amides is 3. The standard InChI is InChI=1S/C21H22BrClN4O3/c22-16-6-4-15(5-7-16)21(30)25-24-19(28)8-9-20(29)27-12-10-26(11-13-27)18-3-1-2-17(23)14-18/h1-7,14H,8-13H2,(H,24,28)(H,25,30). The highest BCUT2D eigenvalue weighted by molar-refractivity contribution is 9.10. The predicted molar refractivity (Wildman–Crippen MR) is 119 cm³/mol. The number of carbonyl (C=O) groups is 3. The van der Waals surface area contributed by atoms with Gasteiger partial charge in [0, 0.05) is 59.8 Å². The number of hydrogen-bond acceptors (Lipinski definition) is 4. The molecule has 7 nitrogen and oxygen atoms in total. The molecule has 3 rings (SSSR count). The van der Waals surface area contributed by atoms with E-state index < -0.39 is 11.8 Å². The minimum absolute atomic E-state index is 0.00790. The molecule has 0 unspecified atom stereocenters. The largest absolute Gasteiger partial charge is 0.368 e. The molecule has 1 heterocycles. The normalized spacial score (nSPS) is 13.7. The quantitative estimate of drug-likeness (QED) is 0.628. The summed E-state index contributed by atoms with van der Waals surface area (Å²) >= 11 is 9.34. The molecule has 3 amide bonds. The minimum atomic E-state index is -0.417. The topological polar surface area (TPSA) is 81.8 Å². The Kier molecular flexibility index (Phi) is 7.70. The number of halogens is 2. The van der Waals surface area contributed by atoms with Gasteiger partial charge in [0.2, 0.25) is 11.8 Å². The summed E-state index contributed by atoms with van der Waals surface area (Å²) in [6.45, 7) is 2.60. The van der Waals surface area contributed by atoms with Crippen molar-refractivity contribution in [3.63, 3.8) is 0 Å². The average Bonchev–Trinajstić information content (AvgIpc) is 2.76. The maximum Gasteiger partial charge on any atom is 0.269 e. The Morgan fingerprint density at radius 3 is 2.30 bits per heavy atom. The molecule has 0 aromatic heterocycles. The lowest BCUT2D eigenvalue weighted by Crippen LogP contribution is -2.49. The van der Waals surface area contributed by atoms with Crippen molar-refractivity contribution >= 4 is 50.9 Å². The summed E-state index contributed by atoms with van der Waals surface area (Å²) in [6.07, 6.45) is 0.102. The third-order valence-corrected chi connectivity index (χ3v) is 5.56. The van der Waals surface area contributed by atoms with Crippen molar-refractivity contribution in [3.8, 4) is 0 Å². The van der Waals surface area contributed by atoms with Gasteiger partial charge in [-0.2, -0.15) is 0 Å². The molecule has 0 radical (unpaired) electrons. The van der Waals surface area contributed by atoms with Crippen molar-refractivity contribution < 1.29 is 14.4 Å². The molecule has 0 bridgehead atoms. The molecule has 1 aliphatic rings. The second-order valence-corrected chi connectivity index (χ2v) is 8.21. The molecule has 0 spiro atoms. The fraction of sp³-hybridized carbons (Fsp3) is 0.286. The van der Waals surface area contributed by atoms with Crippen molar-refractivity contribution in [1.29, 1.82) is 0 Å². The molecule has 2 aromatic carbocycles. The van der Waals surface area contributed by atoms with Gasteiger partial charge in [-0.1, -0.05) is 33.6 Å². The molecule has 9 heteroatoms. The van der Waals surface area contributed by atoms with Crippen LogP contribution in [0.15, 0.2) is 53.0 Å². The molecule has 2 aromatic rings. The van der Waals surface area contributed by atoms with Gasteiger partial charge in [0.1, 0.15) is 0 Å². The van der Waals surface area contributed by atoms with Gasteiger partial charge in [-0.15, -0.1) is 0 Å². The Morgan fingerprint density at radius 1 is 0.933 bits per heavy atom. The van der Waals surface area contributed by atoms with Crippen molar-refractivity contribution in [2.45, 2.75) is 12.8 Å². The number of carbonyl (C=O) groups excluding carboxylic acids is 3. The lowest BCUT2D eigenvalue weighted by molar-refractivity contribution is -0.134. The highest BCUT2D eigenvalue weighted by Crippen LogP contribution is 2.21. The first-order valence-electron chi connectivity index (χ1n) is 9.55. The Balaban J connectivity index is 1.37. The molecule has 0 atom stereocenters. The van der Waals surface area contributed by atoms with Crippen molar-refractivity contribution in [1.82, 2.24) is 15.8 Å². The maximum atomic E-state index is 12.4. The van der Waals surface area contributed by atoms with E-state index >= 15 is 0 Å². The number of benzene rings is 2. The second kappa shape index (κ2) is 10.4. The van der Waals surface area contributed by atoms with E-state index in [1.54, 1.807) is 29.2 Å². The Morgan fingerprint density at radius 2 is 1.63 bits per heavy atom. The van der Waals surface area contributed by atoms with E-state index in [4.69, 9.17) is 11.6 Å². The summed E-state index contributed by atoms with van der Waals surface area (Å²) in [5.41, 5.74) is 6.16. The van der Waals surface area contributed by atoms with Crippen LogP contribution in [0.1, 0.15) is 23.2 Å². The molecule has 2 N–H and O–H groups in total. The molecular formula is C21H22BrClN4O3. The molecule has 1 saturated heterocycles. The smallest absolute Gasteiger partial charge is 0.269 e. The van der Waals surface area contributed by atoms with Crippen molar-refractivity contribution in [2.75, 3.05) is 31.1 Å². The number of anilines is 1. The SMILES string of the molecule is O=C(CCC(=O)N1CCN(c2cccc(Cl)c2)CC1)NNC(=O)c1ccc(Br)cc1.